The summed E-state index contributed by atoms with van der Waals surface area (Å²) < 4.78 is 0. The number of benzene rings is 1. The predicted octanol–water partition coefficient (Wildman–Crippen LogP) is 2.50. The van der Waals surface area contributed by atoms with Gasteiger partial charge in [0.2, 0.25) is 5.91 Å². The van der Waals surface area contributed by atoms with E-state index < -0.39 is 0 Å². The van der Waals surface area contributed by atoms with Gasteiger partial charge in [0.25, 0.3) is 0 Å². The molecule has 1 atom stereocenters. The fraction of sp³-hybridized carbons (Fsp3) is 0.562. The van der Waals surface area contributed by atoms with Crippen LogP contribution in [-0.4, -0.2) is 25.0 Å². The Morgan fingerprint density at radius 3 is 3.05 bits per heavy atom. The third-order valence-electron chi connectivity index (χ3n) is 4.31. The second-order valence-corrected chi connectivity index (χ2v) is 5.61. The van der Waals surface area contributed by atoms with E-state index in [1.807, 2.05) is 11.0 Å². The van der Waals surface area contributed by atoms with E-state index >= 15 is 0 Å². The number of para-hydroxylation sites is 1. The molecule has 102 valence electrons. The highest BCUT2D eigenvalue weighted by Gasteiger charge is 2.24. The number of hydrogen-bond acceptors (Lipinski definition) is 2. The zero-order valence-electron chi connectivity index (χ0n) is 11.4. The Hall–Kier alpha value is -1.35. The van der Waals surface area contributed by atoms with Crippen LogP contribution in [0.5, 0.6) is 0 Å². The average molecular weight is 258 g/mol. The second kappa shape index (κ2) is 5.74. The second-order valence-electron chi connectivity index (χ2n) is 5.61. The summed E-state index contributed by atoms with van der Waals surface area (Å²) in [6, 6.07) is 8.83. The van der Waals surface area contributed by atoms with Crippen molar-refractivity contribution >= 4 is 11.6 Å². The Balaban J connectivity index is 1.56. The first kappa shape index (κ1) is 12.7. The van der Waals surface area contributed by atoms with Gasteiger partial charge >= 0.3 is 0 Å². The molecule has 2 aliphatic heterocycles. The molecule has 1 unspecified atom stereocenters. The molecular weight excluding hydrogens is 236 g/mol. The fourth-order valence-corrected chi connectivity index (χ4v) is 3.20. The van der Waals surface area contributed by atoms with E-state index in [1.165, 1.54) is 24.8 Å². The van der Waals surface area contributed by atoms with Gasteiger partial charge in [0.1, 0.15) is 0 Å². The lowest BCUT2D eigenvalue weighted by Gasteiger charge is -2.24. The standard InChI is InChI=1S/C16H22N2O/c19-16(9-8-14-6-3-4-11-17-14)18-12-10-13-5-1-2-7-15(13)18/h1-2,5,7,14,17H,3-4,6,8-12H2. The minimum atomic E-state index is 0.289. The molecule has 0 bridgehead atoms. The van der Waals surface area contributed by atoms with Crippen molar-refractivity contribution in [3.63, 3.8) is 0 Å². The molecule has 2 heterocycles. The van der Waals surface area contributed by atoms with Gasteiger partial charge in [0.15, 0.2) is 0 Å². The molecule has 1 N–H and O–H groups in total. The van der Waals surface area contributed by atoms with Gasteiger partial charge in [-0.3, -0.25) is 4.79 Å². The Morgan fingerprint density at radius 2 is 2.21 bits per heavy atom. The van der Waals surface area contributed by atoms with Crippen LogP contribution in [0.4, 0.5) is 5.69 Å². The van der Waals surface area contributed by atoms with Crippen molar-refractivity contribution in [1.82, 2.24) is 5.32 Å². The molecule has 0 aliphatic carbocycles. The molecule has 0 spiro atoms. The highest BCUT2D eigenvalue weighted by atomic mass is 16.2. The number of amides is 1. The zero-order chi connectivity index (χ0) is 13.1. The van der Waals surface area contributed by atoms with Crippen LogP contribution in [0.15, 0.2) is 24.3 Å². The van der Waals surface area contributed by atoms with Crippen LogP contribution in [0.2, 0.25) is 0 Å². The van der Waals surface area contributed by atoms with Gasteiger partial charge in [0, 0.05) is 24.7 Å². The van der Waals surface area contributed by atoms with Gasteiger partial charge < -0.3 is 10.2 Å². The van der Waals surface area contributed by atoms with E-state index in [-0.39, 0.29) is 5.91 Å². The van der Waals surface area contributed by atoms with Gasteiger partial charge in [-0.1, -0.05) is 24.6 Å². The molecule has 2 aliphatic rings. The van der Waals surface area contributed by atoms with Crippen molar-refractivity contribution in [1.29, 1.82) is 0 Å². The van der Waals surface area contributed by atoms with E-state index in [9.17, 15) is 4.79 Å². The van der Waals surface area contributed by atoms with Gasteiger partial charge in [-0.05, 0) is 43.9 Å². The fourth-order valence-electron chi connectivity index (χ4n) is 3.20. The number of anilines is 1. The number of fused-ring (bicyclic) bond motifs is 1. The number of carbonyl (C=O) groups excluding carboxylic acids is 1. The summed E-state index contributed by atoms with van der Waals surface area (Å²) >= 11 is 0. The maximum Gasteiger partial charge on any atom is 0.227 e. The topological polar surface area (TPSA) is 32.3 Å². The molecule has 0 radical (unpaired) electrons. The van der Waals surface area contributed by atoms with Crippen molar-refractivity contribution in [2.45, 2.75) is 44.6 Å². The normalized spacial score (nSPS) is 22.3. The summed E-state index contributed by atoms with van der Waals surface area (Å²) in [5.74, 6) is 0.289. The maximum atomic E-state index is 12.3. The van der Waals surface area contributed by atoms with E-state index in [4.69, 9.17) is 0 Å². The molecule has 3 rings (SSSR count). The van der Waals surface area contributed by atoms with Gasteiger partial charge in [-0.15, -0.1) is 0 Å². The summed E-state index contributed by atoms with van der Waals surface area (Å²) in [5.41, 5.74) is 2.44. The van der Waals surface area contributed by atoms with Gasteiger partial charge in [-0.2, -0.15) is 0 Å². The number of nitrogens with zero attached hydrogens (tertiary/aromatic N) is 1. The molecule has 0 saturated carbocycles. The Bertz CT molecular complexity index is 452. The van der Waals surface area contributed by atoms with Gasteiger partial charge in [-0.25, -0.2) is 0 Å². The summed E-state index contributed by atoms with van der Waals surface area (Å²) in [7, 11) is 0. The first-order valence-electron chi connectivity index (χ1n) is 7.46. The van der Waals surface area contributed by atoms with Crippen LogP contribution in [-0.2, 0) is 11.2 Å². The maximum absolute atomic E-state index is 12.3. The number of carbonyl (C=O) groups is 1. The molecule has 1 aromatic carbocycles. The van der Waals surface area contributed by atoms with Crippen molar-refractivity contribution < 1.29 is 4.79 Å². The summed E-state index contributed by atoms with van der Waals surface area (Å²) in [6.07, 6.45) is 6.47. The van der Waals surface area contributed by atoms with Crippen molar-refractivity contribution in [3.8, 4) is 0 Å². The van der Waals surface area contributed by atoms with E-state index in [1.54, 1.807) is 0 Å². The predicted molar refractivity (Wildman–Crippen MR) is 77.4 cm³/mol. The molecule has 3 nitrogen and oxygen atoms in total. The highest BCUT2D eigenvalue weighted by Crippen LogP contribution is 2.28. The van der Waals surface area contributed by atoms with Crippen LogP contribution >= 0.6 is 0 Å². The van der Waals surface area contributed by atoms with Crippen LogP contribution in [0.3, 0.4) is 0 Å². The van der Waals surface area contributed by atoms with Crippen molar-refractivity contribution in [2.75, 3.05) is 18.0 Å². The summed E-state index contributed by atoms with van der Waals surface area (Å²) in [6.45, 7) is 1.97. The zero-order valence-corrected chi connectivity index (χ0v) is 11.4. The first-order valence-corrected chi connectivity index (χ1v) is 7.46. The molecule has 1 saturated heterocycles. The third kappa shape index (κ3) is 2.81. The highest BCUT2D eigenvalue weighted by molar-refractivity contribution is 5.95. The monoisotopic (exact) mass is 258 g/mol. The minimum Gasteiger partial charge on any atom is -0.314 e. The molecule has 0 aromatic heterocycles. The number of rotatable bonds is 3. The van der Waals surface area contributed by atoms with E-state index in [0.717, 1.165) is 31.6 Å². The number of hydrogen-bond donors (Lipinski definition) is 1. The quantitative estimate of drug-likeness (QED) is 0.903. The minimum absolute atomic E-state index is 0.289. The molecule has 3 heteroatoms. The molecular formula is C16H22N2O. The van der Waals surface area contributed by atoms with E-state index in [0.29, 0.717) is 12.5 Å². The Labute approximate surface area is 115 Å². The lowest BCUT2D eigenvalue weighted by atomic mass is 10.0. The van der Waals surface area contributed by atoms with Crippen molar-refractivity contribution in [3.05, 3.63) is 29.8 Å². The lowest BCUT2D eigenvalue weighted by molar-refractivity contribution is -0.118. The molecule has 1 amide bonds. The third-order valence-corrected chi connectivity index (χ3v) is 4.31. The SMILES string of the molecule is O=C(CCC1CCCCN1)N1CCc2ccccc21. The van der Waals surface area contributed by atoms with Crippen molar-refractivity contribution in [2.24, 2.45) is 0 Å². The Morgan fingerprint density at radius 1 is 1.32 bits per heavy atom. The van der Waals surface area contributed by atoms with Crippen LogP contribution in [0, 0.1) is 0 Å². The summed E-state index contributed by atoms with van der Waals surface area (Å²) in [5, 5.41) is 3.51. The van der Waals surface area contributed by atoms with Gasteiger partial charge in [0.05, 0.1) is 0 Å². The largest absolute Gasteiger partial charge is 0.314 e. The Kier molecular flexibility index (Phi) is 3.83. The number of nitrogens with one attached hydrogen (secondary N) is 1. The molecule has 1 fully saturated rings. The molecule has 19 heavy (non-hydrogen) atoms. The molecule has 1 aromatic rings. The van der Waals surface area contributed by atoms with Crippen LogP contribution < -0.4 is 10.2 Å². The van der Waals surface area contributed by atoms with E-state index in [2.05, 4.69) is 23.5 Å². The van der Waals surface area contributed by atoms with Crippen LogP contribution in [0.1, 0.15) is 37.7 Å². The smallest absolute Gasteiger partial charge is 0.227 e. The first-order chi connectivity index (χ1) is 9.34. The van der Waals surface area contributed by atoms with Crippen LogP contribution in [0.25, 0.3) is 0 Å². The average Bonchev–Trinajstić information content (AvgIpc) is 2.90. The summed E-state index contributed by atoms with van der Waals surface area (Å²) in [4.78, 5) is 14.3. The lowest BCUT2D eigenvalue weighted by Crippen LogP contribution is -2.36. The number of piperidine rings is 1.